The zero-order valence-corrected chi connectivity index (χ0v) is 12.5. The molecule has 0 N–H and O–H groups in total. The molecule has 0 unspecified atom stereocenters. The molecule has 0 aliphatic rings. The molecule has 0 heterocycles. The number of esters is 1. The summed E-state index contributed by atoms with van der Waals surface area (Å²) in [5.41, 5.74) is 0.632. The minimum absolute atomic E-state index is 0.0230. The van der Waals surface area contributed by atoms with Crippen LogP contribution in [0.1, 0.15) is 36.5 Å². The van der Waals surface area contributed by atoms with Crippen molar-refractivity contribution >= 4 is 27.7 Å². The summed E-state index contributed by atoms with van der Waals surface area (Å²) >= 11 is 3.31. The van der Waals surface area contributed by atoms with Gasteiger partial charge in [-0.2, -0.15) is 0 Å². The van der Waals surface area contributed by atoms with Crippen molar-refractivity contribution < 1.29 is 14.3 Å². The summed E-state index contributed by atoms with van der Waals surface area (Å²) in [6.07, 6.45) is 4.89. The van der Waals surface area contributed by atoms with Gasteiger partial charge in [0.25, 0.3) is 0 Å². The van der Waals surface area contributed by atoms with Crippen molar-refractivity contribution in [3.8, 4) is 0 Å². The van der Waals surface area contributed by atoms with Gasteiger partial charge in [-0.05, 0) is 18.6 Å². The number of allylic oxidation sites excluding steroid dienone is 1. The van der Waals surface area contributed by atoms with Crippen LogP contribution in [0, 0.1) is 0 Å². The summed E-state index contributed by atoms with van der Waals surface area (Å²) in [6, 6.07) is 7.13. The van der Waals surface area contributed by atoms with Crippen LogP contribution in [0.15, 0.2) is 40.9 Å². The van der Waals surface area contributed by atoms with Crippen LogP contribution in [0.4, 0.5) is 0 Å². The van der Waals surface area contributed by atoms with E-state index in [2.05, 4.69) is 15.9 Å². The third kappa shape index (κ3) is 6.34. The molecule has 19 heavy (non-hydrogen) atoms. The lowest BCUT2D eigenvalue weighted by Crippen LogP contribution is -2.02. The molecule has 0 aromatic heterocycles. The summed E-state index contributed by atoms with van der Waals surface area (Å²) in [4.78, 5) is 23.0. The molecular formula is C15H17BrO3. The van der Waals surface area contributed by atoms with Crippen LogP contribution in [0.3, 0.4) is 0 Å². The smallest absolute Gasteiger partial charge is 0.330 e. The van der Waals surface area contributed by atoms with Crippen LogP contribution in [0.5, 0.6) is 0 Å². The maximum Gasteiger partial charge on any atom is 0.330 e. The van der Waals surface area contributed by atoms with Gasteiger partial charge in [-0.3, -0.25) is 4.79 Å². The van der Waals surface area contributed by atoms with Gasteiger partial charge in [0.05, 0.1) is 6.61 Å². The highest BCUT2D eigenvalue weighted by atomic mass is 79.9. The molecule has 102 valence electrons. The number of unbranched alkanes of at least 4 members (excludes halogenated alkanes) is 1. The van der Waals surface area contributed by atoms with Crippen LogP contribution in [-0.2, 0) is 9.53 Å². The molecule has 0 amide bonds. The molecule has 0 saturated heterocycles. The van der Waals surface area contributed by atoms with Gasteiger partial charge in [0, 0.05) is 22.5 Å². The number of rotatable bonds is 7. The van der Waals surface area contributed by atoms with E-state index in [1.807, 2.05) is 19.1 Å². The van der Waals surface area contributed by atoms with E-state index in [0.717, 1.165) is 17.3 Å². The second-order valence-corrected chi connectivity index (χ2v) is 4.97. The van der Waals surface area contributed by atoms with E-state index < -0.39 is 5.97 Å². The number of carbonyl (C=O) groups excluding carboxylic acids is 2. The fourth-order valence-corrected chi connectivity index (χ4v) is 1.65. The Kier molecular flexibility index (Phi) is 7.11. The molecule has 0 atom stereocenters. The van der Waals surface area contributed by atoms with Crippen LogP contribution < -0.4 is 0 Å². The Labute approximate surface area is 121 Å². The largest absolute Gasteiger partial charge is 0.463 e. The summed E-state index contributed by atoms with van der Waals surface area (Å²) in [5.74, 6) is -0.415. The van der Waals surface area contributed by atoms with E-state index >= 15 is 0 Å². The maximum atomic E-state index is 11.8. The lowest BCUT2D eigenvalue weighted by molar-refractivity contribution is -0.137. The predicted molar refractivity (Wildman–Crippen MR) is 78.1 cm³/mol. The fraction of sp³-hybridized carbons (Fsp3) is 0.333. The van der Waals surface area contributed by atoms with Gasteiger partial charge in [-0.15, -0.1) is 0 Å². The molecule has 0 radical (unpaired) electrons. The molecule has 0 aliphatic heterocycles. The molecule has 0 bridgehead atoms. The summed E-state index contributed by atoms with van der Waals surface area (Å²) in [6.45, 7) is 2.46. The molecule has 1 aromatic rings. The van der Waals surface area contributed by atoms with E-state index in [1.54, 1.807) is 18.2 Å². The zero-order valence-electron chi connectivity index (χ0n) is 10.9. The fourth-order valence-electron chi connectivity index (χ4n) is 1.38. The lowest BCUT2D eigenvalue weighted by Gasteiger charge is -1.99. The van der Waals surface area contributed by atoms with Crippen molar-refractivity contribution in [3.05, 3.63) is 46.5 Å². The Balaban J connectivity index is 2.37. The monoisotopic (exact) mass is 324 g/mol. The summed E-state index contributed by atoms with van der Waals surface area (Å²) in [7, 11) is 0. The van der Waals surface area contributed by atoms with Crippen molar-refractivity contribution in [1.29, 1.82) is 0 Å². The molecular weight excluding hydrogens is 308 g/mol. The Hall–Kier alpha value is -1.42. The Morgan fingerprint density at radius 1 is 1.26 bits per heavy atom. The number of carbonyl (C=O) groups is 2. The number of Topliss-reactive ketones (excluding diaryl/α,β-unsaturated/α-hetero) is 1. The van der Waals surface area contributed by atoms with Crippen LogP contribution >= 0.6 is 15.9 Å². The minimum atomic E-state index is -0.392. The zero-order chi connectivity index (χ0) is 14.1. The van der Waals surface area contributed by atoms with Gasteiger partial charge >= 0.3 is 5.97 Å². The van der Waals surface area contributed by atoms with Crippen LogP contribution in [0.2, 0.25) is 0 Å². The van der Waals surface area contributed by atoms with Crippen molar-refractivity contribution in [3.63, 3.8) is 0 Å². The number of benzene rings is 1. The van der Waals surface area contributed by atoms with Gasteiger partial charge in [0.15, 0.2) is 5.78 Å². The van der Waals surface area contributed by atoms with E-state index in [-0.39, 0.29) is 12.2 Å². The van der Waals surface area contributed by atoms with E-state index in [4.69, 9.17) is 4.74 Å². The second kappa shape index (κ2) is 8.64. The number of ether oxygens (including phenoxy) is 1. The average molecular weight is 325 g/mol. The highest BCUT2D eigenvalue weighted by molar-refractivity contribution is 9.10. The first kappa shape index (κ1) is 15.6. The van der Waals surface area contributed by atoms with Gasteiger partial charge in [-0.1, -0.05) is 47.5 Å². The lowest BCUT2D eigenvalue weighted by atomic mass is 10.1. The van der Waals surface area contributed by atoms with Gasteiger partial charge in [0.2, 0.25) is 0 Å². The Morgan fingerprint density at radius 2 is 1.95 bits per heavy atom. The molecule has 0 saturated carbocycles. The SMILES string of the molecule is CCCCOC(=O)/C=C/CC(=O)c1ccc(Br)cc1. The third-order valence-corrected chi connectivity index (χ3v) is 2.99. The number of ketones is 1. The van der Waals surface area contributed by atoms with Crippen molar-refractivity contribution in [2.45, 2.75) is 26.2 Å². The van der Waals surface area contributed by atoms with Gasteiger partial charge < -0.3 is 4.74 Å². The molecule has 3 nitrogen and oxygen atoms in total. The van der Waals surface area contributed by atoms with Gasteiger partial charge in [0.1, 0.15) is 0 Å². The highest BCUT2D eigenvalue weighted by Crippen LogP contribution is 2.12. The molecule has 0 aliphatic carbocycles. The van der Waals surface area contributed by atoms with Gasteiger partial charge in [-0.25, -0.2) is 4.79 Å². The molecule has 0 spiro atoms. The first-order chi connectivity index (χ1) is 9.13. The summed E-state index contributed by atoms with van der Waals surface area (Å²) in [5, 5.41) is 0. The van der Waals surface area contributed by atoms with E-state index in [9.17, 15) is 9.59 Å². The third-order valence-electron chi connectivity index (χ3n) is 2.47. The Morgan fingerprint density at radius 3 is 2.58 bits per heavy atom. The quantitative estimate of drug-likeness (QED) is 0.330. The topological polar surface area (TPSA) is 43.4 Å². The molecule has 0 fully saturated rings. The molecule has 1 rings (SSSR count). The maximum absolute atomic E-state index is 11.8. The highest BCUT2D eigenvalue weighted by Gasteiger charge is 2.03. The Bertz CT molecular complexity index is 449. The molecule has 4 heteroatoms. The van der Waals surface area contributed by atoms with E-state index in [1.165, 1.54) is 6.08 Å². The minimum Gasteiger partial charge on any atom is -0.463 e. The number of halogens is 1. The standard InChI is InChI=1S/C15H17BrO3/c1-2-3-11-19-15(18)6-4-5-14(17)12-7-9-13(16)10-8-12/h4,6-10H,2-3,5,11H2,1H3/b6-4+. The average Bonchev–Trinajstić information content (AvgIpc) is 2.39. The summed E-state index contributed by atoms with van der Waals surface area (Å²) < 4.78 is 5.87. The first-order valence-electron chi connectivity index (χ1n) is 6.25. The van der Waals surface area contributed by atoms with Crippen LogP contribution in [-0.4, -0.2) is 18.4 Å². The normalized spacial score (nSPS) is 10.6. The van der Waals surface area contributed by atoms with Crippen molar-refractivity contribution in [2.24, 2.45) is 0 Å². The van der Waals surface area contributed by atoms with Crippen LogP contribution in [0.25, 0.3) is 0 Å². The predicted octanol–water partition coefficient (Wildman–Crippen LogP) is 3.92. The second-order valence-electron chi connectivity index (χ2n) is 4.06. The number of hydrogen-bond acceptors (Lipinski definition) is 3. The van der Waals surface area contributed by atoms with Crippen molar-refractivity contribution in [1.82, 2.24) is 0 Å². The van der Waals surface area contributed by atoms with Crippen molar-refractivity contribution in [2.75, 3.05) is 6.61 Å². The number of hydrogen-bond donors (Lipinski definition) is 0. The van der Waals surface area contributed by atoms with E-state index in [0.29, 0.717) is 12.2 Å². The molecule has 1 aromatic carbocycles. The first-order valence-corrected chi connectivity index (χ1v) is 7.05.